The Bertz CT molecular complexity index is 567. The summed E-state index contributed by atoms with van der Waals surface area (Å²) in [6.07, 6.45) is 0. The molecule has 2 aromatic heterocycles. The predicted molar refractivity (Wildman–Crippen MR) is 75.1 cm³/mol. The molecule has 0 saturated heterocycles. The maximum absolute atomic E-state index is 6.04. The van der Waals surface area contributed by atoms with E-state index >= 15 is 0 Å². The maximum atomic E-state index is 6.04. The van der Waals surface area contributed by atoms with Crippen LogP contribution < -0.4 is 0 Å². The van der Waals surface area contributed by atoms with Crippen molar-refractivity contribution in [3.8, 4) is 11.3 Å². The number of aromatic nitrogens is 3. The van der Waals surface area contributed by atoms with Crippen molar-refractivity contribution in [3.05, 3.63) is 40.6 Å². The Hall–Kier alpha value is -1.52. The Morgan fingerprint density at radius 2 is 1.74 bits per heavy atom. The maximum Gasteiger partial charge on any atom is 0.156 e. The van der Waals surface area contributed by atoms with Gasteiger partial charge in [0.2, 0.25) is 0 Å². The van der Waals surface area contributed by atoms with Crippen LogP contribution in [0.25, 0.3) is 11.3 Å². The number of pyridine rings is 1. The van der Waals surface area contributed by atoms with Gasteiger partial charge >= 0.3 is 0 Å². The van der Waals surface area contributed by atoms with Crippen LogP contribution in [0, 0.1) is 13.8 Å². The molecule has 19 heavy (non-hydrogen) atoms. The largest absolute Gasteiger partial charge is 0.374 e. The van der Waals surface area contributed by atoms with E-state index < -0.39 is 0 Å². The normalized spacial score (nSPS) is 10.7. The molecule has 0 unspecified atom stereocenters. The molecule has 0 amide bonds. The third-order valence-corrected chi connectivity index (χ3v) is 2.75. The molecule has 2 heterocycles. The molecule has 2 aromatic rings. The van der Waals surface area contributed by atoms with Crippen LogP contribution in [0.5, 0.6) is 0 Å². The number of nitrogens with zero attached hydrogens (tertiary/aromatic N) is 3. The van der Waals surface area contributed by atoms with Gasteiger partial charge in [-0.15, -0.1) is 0 Å². The molecule has 0 fully saturated rings. The highest BCUT2D eigenvalue weighted by molar-refractivity contribution is 6.29. The fourth-order valence-corrected chi connectivity index (χ4v) is 2.05. The molecule has 0 bridgehead atoms. The molecule has 2 rings (SSSR count). The highest BCUT2D eigenvalue weighted by Crippen LogP contribution is 2.21. The molecule has 0 aliphatic rings. The standard InChI is InChI=1S/C14H16ClN3O/c1-4-19-8-14-17-12(7-13(15)18-14)11-5-9(2)16-10(3)6-11/h5-7H,4,8H2,1-3H3. The predicted octanol–water partition coefficient (Wildman–Crippen LogP) is 3.35. The lowest BCUT2D eigenvalue weighted by Crippen LogP contribution is -2.01. The monoisotopic (exact) mass is 277 g/mol. The number of ether oxygens (including phenoxy) is 1. The minimum atomic E-state index is 0.368. The third-order valence-electron chi connectivity index (χ3n) is 2.55. The first kappa shape index (κ1) is 13.9. The second-order valence-electron chi connectivity index (χ2n) is 4.27. The highest BCUT2D eigenvalue weighted by Gasteiger charge is 2.07. The lowest BCUT2D eigenvalue weighted by molar-refractivity contribution is 0.128. The van der Waals surface area contributed by atoms with Crippen LogP contribution in [0.3, 0.4) is 0 Å². The third kappa shape index (κ3) is 3.72. The van der Waals surface area contributed by atoms with Crippen molar-refractivity contribution in [3.63, 3.8) is 0 Å². The fraction of sp³-hybridized carbons (Fsp3) is 0.357. The van der Waals surface area contributed by atoms with Gasteiger partial charge in [-0.2, -0.15) is 0 Å². The van der Waals surface area contributed by atoms with Crippen molar-refractivity contribution in [1.82, 2.24) is 15.0 Å². The van der Waals surface area contributed by atoms with Gasteiger partial charge in [-0.1, -0.05) is 11.6 Å². The molecule has 100 valence electrons. The molecule has 0 aliphatic heterocycles. The summed E-state index contributed by atoms with van der Waals surface area (Å²) in [4.78, 5) is 13.0. The number of hydrogen-bond donors (Lipinski definition) is 0. The second-order valence-corrected chi connectivity index (χ2v) is 4.66. The van der Waals surface area contributed by atoms with E-state index in [-0.39, 0.29) is 0 Å². The zero-order valence-corrected chi connectivity index (χ0v) is 12.0. The van der Waals surface area contributed by atoms with Crippen LogP contribution in [-0.4, -0.2) is 21.6 Å². The van der Waals surface area contributed by atoms with E-state index in [0.717, 1.165) is 22.6 Å². The summed E-state index contributed by atoms with van der Waals surface area (Å²) in [5, 5.41) is 0.423. The van der Waals surface area contributed by atoms with Crippen molar-refractivity contribution in [2.75, 3.05) is 6.61 Å². The van der Waals surface area contributed by atoms with Gasteiger partial charge in [0.25, 0.3) is 0 Å². The van der Waals surface area contributed by atoms with Gasteiger partial charge in [-0.3, -0.25) is 4.98 Å². The zero-order chi connectivity index (χ0) is 13.8. The van der Waals surface area contributed by atoms with Gasteiger partial charge in [-0.05, 0) is 32.9 Å². The van der Waals surface area contributed by atoms with Crippen LogP contribution >= 0.6 is 11.6 Å². The Morgan fingerprint density at radius 3 is 2.37 bits per heavy atom. The molecule has 0 saturated carbocycles. The molecule has 0 spiro atoms. The number of hydrogen-bond acceptors (Lipinski definition) is 4. The average Bonchev–Trinajstić information content (AvgIpc) is 2.34. The number of aryl methyl sites for hydroxylation is 2. The van der Waals surface area contributed by atoms with E-state index in [1.165, 1.54) is 0 Å². The van der Waals surface area contributed by atoms with Crippen molar-refractivity contribution >= 4 is 11.6 Å². The summed E-state index contributed by atoms with van der Waals surface area (Å²) in [6.45, 7) is 6.84. The summed E-state index contributed by atoms with van der Waals surface area (Å²) >= 11 is 6.04. The van der Waals surface area contributed by atoms with Gasteiger partial charge in [0, 0.05) is 29.6 Å². The first-order valence-electron chi connectivity index (χ1n) is 6.15. The minimum Gasteiger partial charge on any atom is -0.374 e. The summed E-state index contributed by atoms with van der Waals surface area (Å²) in [7, 11) is 0. The van der Waals surface area contributed by atoms with E-state index in [0.29, 0.717) is 24.2 Å². The lowest BCUT2D eigenvalue weighted by atomic mass is 10.1. The zero-order valence-electron chi connectivity index (χ0n) is 11.3. The topological polar surface area (TPSA) is 47.9 Å². The van der Waals surface area contributed by atoms with Crippen LogP contribution in [0.2, 0.25) is 5.15 Å². The minimum absolute atomic E-state index is 0.368. The molecule has 0 N–H and O–H groups in total. The lowest BCUT2D eigenvalue weighted by Gasteiger charge is -2.07. The number of halogens is 1. The first-order valence-corrected chi connectivity index (χ1v) is 6.53. The van der Waals surface area contributed by atoms with Crippen LogP contribution in [-0.2, 0) is 11.3 Å². The highest BCUT2D eigenvalue weighted by atomic mass is 35.5. The van der Waals surface area contributed by atoms with E-state index in [1.807, 2.05) is 32.9 Å². The summed E-state index contributed by atoms with van der Waals surface area (Å²) in [6, 6.07) is 5.72. The SMILES string of the molecule is CCOCc1nc(Cl)cc(-c2cc(C)nc(C)c2)n1. The molecule has 0 radical (unpaired) electrons. The van der Waals surface area contributed by atoms with Crippen LogP contribution in [0.1, 0.15) is 24.1 Å². The average molecular weight is 278 g/mol. The first-order chi connectivity index (χ1) is 9.08. The molecule has 0 aliphatic carbocycles. The van der Waals surface area contributed by atoms with E-state index in [9.17, 15) is 0 Å². The molecule has 5 heteroatoms. The smallest absolute Gasteiger partial charge is 0.156 e. The Kier molecular flexibility index (Phi) is 4.45. The fourth-order valence-electron chi connectivity index (χ4n) is 1.85. The molecular formula is C14H16ClN3O. The van der Waals surface area contributed by atoms with Crippen LogP contribution in [0.15, 0.2) is 18.2 Å². The van der Waals surface area contributed by atoms with Gasteiger partial charge < -0.3 is 4.74 Å². The van der Waals surface area contributed by atoms with E-state index in [1.54, 1.807) is 6.07 Å². The van der Waals surface area contributed by atoms with Crippen LogP contribution in [0.4, 0.5) is 0 Å². The molecule has 0 aromatic carbocycles. The Morgan fingerprint density at radius 1 is 1.05 bits per heavy atom. The van der Waals surface area contributed by atoms with Crippen molar-refractivity contribution in [2.24, 2.45) is 0 Å². The van der Waals surface area contributed by atoms with E-state index in [4.69, 9.17) is 16.3 Å². The van der Waals surface area contributed by atoms with E-state index in [2.05, 4.69) is 15.0 Å². The Labute approximate surface area is 117 Å². The molecule has 4 nitrogen and oxygen atoms in total. The molecule has 0 atom stereocenters. The summed E-state index contributed by atoms with van der Waals surface area (Å²) in [5.41, 5.74) is 3.70. The van der Waals surface area contributed by atoms with Gasteiger partial charge in [-0.25, -0.2) is 9.97 Å². The van der Waals surface area contributed by atoms with Crippen molar-refractivity contribution in [2.45, 2.75) is 27.4 Å². The Balaban J connectivity index is 2.40. The second kappa shape index (κ2) is 6.08. The quantitative estimate of drug-likeness (QED) is 0.804. The van der Waals surface area contributed by atoms with Gasteiger partial charge in [0.1, 0.15) is 11.8 Å². The summed E-state index contributed by atoms with van der Waals surface area (Å²) in [5.74, 6) is 0.594. The van der Waals surface area contributed by atoms with Crippen molar-refractivity contribution in [1.29, 1.82) is 0 Å². The van der Waals surface area contributed by atoms with Gasteiger partial charge in [0.05, 0.1) is 5.69 Å². The van der Waals surface area contributed by atoms with Gasteiger partial charge in [0.15, 0.2) is 5.82 Å². The molecular weight excluding hydrogens is 262 g/mol. The summed E-state index contributed by atoms with van der Waals surface area (Å²) < 4.78 is 5.32. The number of rotatable bonds is 4. The van der Waals surface area contributed by atoms with Crippen molar-refractivity contribution < 1.29 is 4.74 Å².